The van der Waals surface area contributed by atoms with E-state index in [1.165, 1.54) is 135 Å². The molecule has 6 unspecified atom stereocenters. The summed E-state index contributed by atoms with van der Waals surface area (Å²) in [6, 6.07) is 0. The van der Waals surface area contributed by atoms with Crippen LogP contribution in [0, 0.1) is 0 Å². The van der Waals surface area contributed by atoms with E-state index in [-0.39, 0.29) is 19.2 Å². The van der Waals surface area contributed by atoms with Gasteiger partial charge >= 0.3 is 5.97 Å². The normalized spacial score (nSPS) is 21.4. The Morgan fingerprint density at radius 3 is 1.59 bits per heavy atom. The molecule has 0 radical (unpaired) electrons. The molecule has 0 aromatic rings. The number of hydrogen-bond donors (Lipinski definition) is 4. The van der Waals surface area contributed by atoms with Crippen molar-refractivity contribution in [2.75, 3.05) is 26.4 Å². The fourth-order valence-corrected chi connectivity index (χ4v) is 6.54. The fourth-order valence-electron chi connectivity index (χ4n) is 6.54. The molecule has 0 aliphatic carbocycles. The van der Waals surface area contributed by atoms with Crippen molar-refractivity contribution in [2.45, 2.75) is 224 Å². The van der Waals surface area contributed by atoms with Crippen LogP contribution in [0.1, 0.15) is 187 Å². The molecule has 4 N–H and O–H groups in total. The van der Waals surface area contributed by atoms with Gasteiger partial charge in [0.2, 0.25) is 0 Å². The highest BCUT2D eigenvalue weighted by atomic mass is 16.7. The molecule has 1 heterocycles. The molecule has 0 aromatic heterocycles. The summed E-state index contributed by atoms with van der Waals surface area (Å²) in [5, 5.41) is 40.0. The van der Waals surface area contributed by atoms with Gasteiger partial charge in [-0.25, -0.2) is 0 Å². The number of ether oxygens (including phenoxy) is 4. The first-order chi connectivity index (χ1) is 24.9. The number of esters is 1. The molecule has 302 valence electrons. The summed E-state index contributed by atoms with van der Waals surface area (Å²) in [6.45, 7) is 4.54. The maximum absolute atomic E-state index is 12.7. The van der Waals surface area contributed by atoms with Crippen molar-refractivity contribution >= 4 is 5.97 Å². The van der Waals surface area contributed by atoms with E-state index in [1.807, 2.05) is 0 Å². The van der Waals surface area contributed by atoms with Crippen LogP contribution >= 0.6 is 0 Å². The third-order valence-electron chi connectivity index (χ3n) is 9.93. The standard InChI is InChI=1S/C42H80O9/c1-3-5-7-9-11-13-14-15-16-17-18-19-20-21-22-24-26-28-30-32-48-34-36(35-49-42-41(47)40(46)39(45)37(33-43)51-42)50-38(44)31-29-27-25-23-12-10-8-6-4-2/h16-17,36-37,39-43,45-47H,3-15,18-35H2,1-2H3/b17-16-. The average Bonchev–Trinajstić information content (AvgIpc) is 3.13. The first-order valence-corrected chi connectivity index (χ1v) is 21.3. The number of unbranched alkanes of at least 4 members (excludes halogenated alkanes) is 23. The second-order valence-corrected chi connectivity index (χ2v) is 14.8. The third kappa shape index (κ3) is 26.4. The molecule has 0 saturated carbocycles. The molecule has 0 aromatic carbocycles. The molecule has 9 nitrogen and oxygen atoms in total. The Labute approximate surface area is 312 Å². The highest BCUT2D eigenvalue weighted by molar-refractivity contribution is 5.69. The second kappa shape index (κ2) is 34.7. The summed E-state index contributed by atoms with van der Waals surface area (Å²) in [5.41, 5.74) is 0. The van der Waals surface area contributed by atoms with Gasteiger partial charge in [-0.1, -0.05) is 154 Å². The predicted molar refractivity (Wildman–Crippen MR) is 206 cm³/mol. The quantitative estimate of drug-likeness (QED) is 0.0284. The number of carbonyl (C=O) groups excluding carboxylic acids is 1. The zero-order chi connectivity index (χ0) is 37.2. The Hall–Kier alpha value is -1.07. The molecule has 1 rings (SSSR count). The molecule has 0 bridgehead atoms. The van der Waals surface area contributed by atoms with Crippen LogP contribution in [0.3, 0.4) is 0 Å². The Kier molecular flexibility index (Phi) is 32.6. The zero-order valence-corrected chi connectivity index (χ0v) is 32.9. The molecular weight excluding hydrogens is 648 g/mol. The lowest BCUT2D eigenvalue weighted by Gasteiger charge is -2.39. The summed E-state index contributed by atoms with van der Waals surface area (Å²) in [4.78, 5) is 12.7. The summed E-state index contributed by atoms with van der Waals surface area (Å²) < 4.78 is 22.7. The average molecular weight is 729 g/mol. The van der Waals surface area contributed by atoms with Crippen molar-refractivity contribution in [3.63, 3.8) is 0 Å². The highest BCUT2D eigenvalue weighted by Crippen LogP contribution is 2.22. The minimum Gasteiger partial charge on any atom is -0.457 e. The van der Waals surface area contributed by atoms with Gasteiger partial charge in [-0.2, -0.15) is 0 Å². The third-order valence-corrected chi connectivity index (χ3v) is 9.93. The van der Waals surface area contributed by atoms with Gasteiger partial charge in [-0.05, 0) is 38.5 Å². The van der Waals surface area contributed by atoms with Crippen LogP contribution in [0.2, 0.25) is 0 Å². The monoisotopic (exact) mass is 729 g/mol. The van der Waals surface area contributed by atoms with E-state index in [9.17, 15) is 25.2 Å². The molecule has 1 fully saturated rings. The van der Waals surface area contributed by atoms with Gasteiger partial charge in [-0.15, -0.1) is 0 Å². The molecule has 6 atom stereocenters. The second-order valence-electron chi connectivity index (χ2n) is 14.8. The summed E-state index contributed by atoms with van der Waals surface area (Å²) in [7, 11) is 0. The Balaban J connectivity index is 2.23. The van der Waals surface area contributed by atoms with Crippen molar-refractivity contribution in [3.8, 4) is 0 Å². The maximum atomic E-state index is 12.7. The number of rotatable bonds is 36. The largest absolute Gasteiger partial charge is 0.457 e. The topological polar surface area (TPSA) is 135 Å². The van der Waals surface area contributed by atoms with Crippen molar-refractivity contribution in [2.24, 2.45) is 0 Å². The number of allylic oxidation sites excluding steroid dienone is 2. The van der Waals surface area contributed by atoms with E-state index in [2.05, 4.69) is 26.0 Å². The van der Waals surface area contributed by atoms with Gasteiger partial charge in [0.15, 0.2) is 6.29 Å². The van der Waals surface area contributed by atoms with Crippen LogP contribution in [0.5, 0.6) is 0 Å². The number of aliphatic hydroxyl groups is 4. The lowest BCUT2D eigenvalue weighted by molar-refractivity contribution is -0.305. The Morgan fingerprint density at radius 2 is 1.08 bits per heavy atom. The molecule has 51 heavy (non-hydrogen) atoms. The molecule has 1 aliphatic heterocycles. The van der Waals surface area contributed by atoms with E-state index in [4.69, 9.17) is 18.9 Å². The Bertz CT molecular complexity index is 792. The van der Waals surface area contributed by atoms with Crippen LogP contribution in [0.4, 0.5) is 0 Å². The van der Waals surface area contributed by atoms with Crippen molar-refractivity contribution in [1.29, 1.82) is 0 Å². The van der Waals surface area contributed by atoms with E-state index in [1.54, 1.807) is 0 Å². The van der Waals surface area contributed by atoms with Crippen LogP contribution in [0.25, 0.3) is 0 Å². The van der Waals surface area contributed by atoms with E-state index in [0.29, 0.717) is 13.0 Å². The summed E-state index contributed by atoms with van der Waals surface area (Å²) in [6.07, 6.45) is 29.6. The zero-order valence-electron chi connectivity index (χ0n) is 32.9. The highest BCUT2D eigenvalue weighted by Gasteiger charge is 2.44. The van der Waals surface area contributed by atoms with Crippen molar-refractivity contribution in [3.05, 3.63) is 12.2 Å². The SMILES string of the molecule is CCCCCCCCC/C=C\CCCCCCCCCCOCC(COC1OC(CO)C(O)C(O)C1O)OC(=O)CCCCCCCCCCC. The fraction of sp³-hybridized carbons (Fsp3) is 0.929. The van der Waals surface area contributed by atoms with Crippen molar-refractivity contribution in [1.82, 2.24) is 0 Å². The van der Waals surface area contributed by atoms with Gasteiger partial charge in [0.05, 0.1) is 19.8 Å². The van der Waals surface area contributed by atoms with Crippen LogP contribution < -0.4 is 0 Å². The van der Waals surface area contributed by atoms with Crippen LogP contribution in [-0.2, 0) is 23.7 Å². The van der Waals surface area contributed by atoms with E-state index in [0.717, 1.165) is 32.1 Å². The number of hydrogen-bond acceptors (Lipinski definition) is 9. The number of aliphatic hydroxyl groups excluding tert-OH is 4. The number of carbonyl (C=O) groups is 1. The molecular formula is C42H80O9. The van der Waals surface area contributed by atoms with E-state index >= 15 is 0 Å². The lowest BCUT2D eigenvalue weighted by Crippen LogP contribution is -2.59. The van der Waals surface area contributed by atoms with Gasteiger partial charge in [0, 0.05) is 13.0 Å². The van der Waals surface area contributed by atoms with Crippen LogP contribution in [0.15, 0.2) is 12.2 Å². The van der Waals surface area contributed by atoms with Gasteiger partial charge in [-0.3, -0.25) is 4.79 Å². The minimum atomic E-state index is -1.53. The molecule has 1 aliphatic rings. The molecule has 0 amide bonds. The van der Waals surface area contributed by atoms with E-state index < -0.39 is 43.4 Å². The first kappa shape index (κ1) is 48.0. The molecule has 1 saturated heterocycles. The Morgan fingerprint density at radius 1 is 0.608 bits per heavy atom. The maximum Gasteiger partial charge on any atom is 0.306 e. The van der Waals surface area contributed by atoms with Gasteiger partial charge in [0.25, 0.3) is 0 Å². The molecule has 9 heteroatoms. The van der Waals surface area contributed by atoms with Gasteiger partial charge in [0.1, 0.15) is 30.5 Å². The van der Waals surface area contributed by atoms with Gasteiger partial charge < -0.3 is 39.4 Å². The summed E-state index contributed by atoms with van der Waals surface area (Å²) >= 11 is 0. The summed E-state index contributed by atoms with van der Waals surface area (Å²) in [5.74, 6) is -0.316. The molecule has 0 spiro atoms. The predicted octanol–water partition coefficient (Wildman–Crippen LogP) is 8.86. The minimum absolute atomic E-state index is 0.110. The van der Waals surface area contributed by atoms with Crippen LogP contribution in [-0.4, -0.2) is 89.6 Å². The lowest BCUT2D eigenvalue weighted by atomic mass is 9.99. The van der Waals surface area contributed by atoms with Crippen molar-refractivity contribution < 1.29 is 44.2 Å². The smallest absolute Gasteiger partial charge is 0.306 e. The first-order valence-electron chi connectivity index (χ1n) is 21.3.